The molecule has 1 saturated carbocycles. The van der Waals surface area contributed by atoms with E-state index in [1.54, 1.807) is 42.6 Å². The number of nitrogens with two attached hydrogens (primary N) is 1. The number of nitrogen functional groups attached to an aromatic ring is 1. The van der Waals surface area contributed by atoms with Gasteiger partial charge < -0.3 is 15.8 Å². The number of rotatable bonds is 4. The van der Waals surface area contributed by atoms with Crippen LogP contribution >= 0.6 is 0 Å². The first-order valence-electron chi connectivity index (χ1n) is 7.01. The summed E-state index contributed by atoms with van der Waals surface area (Å²) in [7, 11) is 0. The van der Waals surface area contributed by atoms with E-state index in [1.165, 1.54) is 6.42 Å². The number of aromatic nitrogens is 1. The number of nitrogens with one attached hydrogen (secondary N) is 1. The Bertz CT molecular complexity index is 636. The van der Waals surface area contributed by atoms with E-state index in [2.05, 4.69) is 10.3 Å². The van der Waals surface area contributed by atoms with Crippen molar-refractivity contribution < 1.29 is 9.53 Å². The van der Waals surface area contributed by atoms with E-state index in [0.717, 1.165) is 12.8 Å². The number of ether oxygens (including phenoxy) is 1. The molecule has 0 saturated heterocycles. The lowest BCUT2D eigenvalue weighted by atomic mass is 9.93. The lowest BCUT2D eigenvalue weighted by Gasteiger charge is -2.26. The van der Waals surface area contributed by atoms with Crippen LogP contribution in [0.1, 0.15) is 29.8 Å². The van der Waals surface area contributed by atoms with Gasteiger partial charge in [-0.1, -0.05) is 0 Å². The predicted molar refractivity (Wildman–Crippen MR) is 80.3 cm³/mol. The second kappa shape index (κ2) is 5.83. The third kappa shape index (κ3) is 3.31. The molecule has 3 N–H and O–H groups in total. The highest BCUT2D eigenvalue weighted by molar-refractivity contribution is 5.92. The van der Waals surface area contributed by atoms with Crippen LogP contribution in [-0.2, 0) is 0 Å². The number of benzene rings is 1. The number of hydrogen-bond acceptors (Lipinski definition) is 4. The van der Waals surface area contributed by atoms with Crippen molar-refractivity contribution in [2.24, 2.45) is 0 Å². The highest BCUT2D eigenvalue weighted by atomic mass is 16.5. The molecule has 1 aliphatic carbocycles. The molecule has 3 rings (SSSR count). The summed E-state index contributed by atoms with van der Waals surface area (Å²) in [6, 6.07) is 10.7. The van der Waals surface area contributed by atoms with Crippen LogP contribution < -0.4 is 15.8 Å². The van der Waals surface area contributed by atoms with Gasteiger partial charge in [0.15, 0.2) is 0 Å². The Morgan fingerprint density at radius 3 is 2.62 bits per heavy atom. The topological polar surface area (TPSA) is 77.2 Å². The predicted octanol–water partition coefficient (Wildman–Crippen LogP) is 2.74. The molecule has 0 bridgehead atoms. The van der Waals surface area contributed by atoms with Crippen molar-refractivity contribution in [2.75, 3.05) is 5.73 Å². The van der Waals surface area contributed by atoms with Crippen molar-refractivity contribution >= 4 is 11.6 Å². The fraction of sp³-hybridized carbons (Fsp3) is 0.250. The van der Waals surface area contributed by atoms with Crippen molar-refractivity contribution in [1.82, 2.24) is 10.3 Å². The van der Waals surface area contributed by atoms with Gasteiger partial charge in [0.1, 0.15) is 17.2 Å². The van der Waals surface area contributed by atoms with Crippen LogP contribution in [0, 0.1) is 0 Å². The molecule has 0 aliphatic heterocycles. The second-order valence-corrected chi connectivity index (χ2v) is 5.15. The fourth-order valence-electron chi connectivity index (χ4n) is 2.08. The minimum absolute atomic E-state index is 0.151. The minimum atomic E-state index is -0.151. The van der Waals surface area contributed by atoms with Gasteiger partial charge in [-0.25, -0.2) is 0 Å². The summed E-state index contributed by atoms with van der Waals surface area (Å²) in [4.78, 5) is 16.1. The molecule has 1 aliphatic rings. The number of hydrogen-bond donors (Lipinski definition) is 2. The minimum Gasteiger partial charge on any atom is -0.457 e. The van der Waals surface area contributed by atoms with Crippen LogP contribution in [0.2, 0.25) is 0 Å². The van der Waals surface area contributed by atoms with Crippen molar-refractivity contribution in [3.63, 3.8) is 0 Å². The maximum Gasteiger partial charge on any atom is 0.270 e. The maximum atomic E-state index is 12.1. The zero-order valence-electron chi connectivity index (χ0n) is 11.6. The lowest BCUT2D eigenvalue weighted by molar-refractivity contribution is 0.0911. The second-order valence-electron chi connectivity index (χ2n) is 5.15. The molecular formula is C16H17N3O2. The van der Waals surface area contributed by atoms with Gasteiger partial charge in [-0.15, -0.1) is 0 Å². The van der Waals surface area contributed by atoms with Crippen LogP contribution in [0.3, 0.4) is 0 Å². The van der Waals surface area contributed by atoms with Crippen LogP contribution in [0.5, 0.6) is 11.5 Å². The summed E-state index contributed by atoms with van der Waals surface area (Å²) in [6.45, 7) is 0. The molecule has 1 heterocycles. The summed E-state index contributed by atoms with van der Waals surface area (Å²) < 4.78 is 5.69. The van der Waals surface area contributed by atoms with Crippen LogP contribution in [0.15, 0.2) is 42.6 Å². The van der Waals surface area contributed by atoms with Gasteiger partial charge >= 0.3 is 0 Å². The Morgan fingerprint density at radius 1 is 1.19 bits per heavy atom. The first kappa shape index (κ1) is 13.4. The molecule has 1 aromatic carbocycles. The molecule has 1 aromatic heterocycles. The number of pyridine rings is 1. The molecule has 5 nitrogen and oxygen atoms in total. The largest absolute Gasteiger partial charge is 0.457 e. The zero-order chi connectivity index (χ0) is 14.7. The monoisotopic (exact) mass is 283 g/mol. The van der Waals surface area contributed by atoms with Crippen LogP contribution in [0.25, 0.3) is 0 Å². The molecule has 0 radical (unpaired) electrons. The van der Waals surface area contributed by atoms with Crippen LogP contribution in [0.4, 0.5) is 5.69 Å². The molecule has 2 aromatic rings. The zero-order valence-corrected chi connectivity index (χ0v) is 11.6. The van der Waals surface area contributed by atoms with E-state index in [1.807, 2.05) is 0 Å². The molecule has 0 unspecified atom stereocenters. The summed E-state index contributed by atoms with van der Waals surface area (Å²) in [5.74, 6) is 1.09. The normalized spacial score (nSPS) is 14.3. The van der Waals surface area contributed by atoms with E-state index in [0.29, 0.717) is 28.9 Å². The quantitative estimate of drug-likeness (QED) is 0.846. The Morgan fingerprint density at radius 2 is 1.95 bits per heavy atom. The van der Waals surface area contributed by atoms with E-state index >= 15 is 0 Å². The Balaban J connectivity index is 1.70. The van der Waals surface area contributed by atoms with Crippen molar-refractivity contribution in [1.29, 1.82) is 0 Å². The smallest absolute Gasteiger partial charge is 0.270 e. The van der Waals surface area contributed by atoms with E-state index < -0.39 is 0 Å². The lowest BCUT2D eigenvalue weighted by Crippen LogP contribution is -2.39. The molecule has 0 spiro atoms. The number of carbonyl (C=O) groups excluding carboxylic acids is 1. The van der Waals surface area contributed by atoms with Gasteiger partial charge in [0.05, 0.1) is 0 Å². The van der Waals surface area contributed by atoms with Gasteiger partial charge in [-0.2, -0.15) is 0 Å². The molecule has 108 valence electrons. The van der Waals surface area contributed by atoms with Gasteiger partial charge in [-0.3, -0.25) is 9.78 Å². The number of amides is 1. The first-order valence-corrected chi connectivity index (χ1v) is 7.01. The van der Waals surface area contributed by atoms with Gasteiger partial charge in [0.2, 0.25) is 0 Å². The van der Waals surface area contributed by atoms with Crippen LogP contribution in [-0.4, -0.2) is 16.9 Å². The molecular weight excluding hydrogens is 266 g/mol. The maximum absolute atomic E-state index is 12.1. The highest BCUT2D eigenvalue weighted by Gasteiger charge is 2.20. The first-order chi connectivity index (χ1) is 10.2. The molecule has 1 fully saturated rings. The average molecular weight is 283 g/mol. The third-order valence-electron chi connectivity index (χ3n) is 3.52. The Kier molecular flexibility index (Phi) is 3.73. The van der Waals surface area contributed by atoms with Gasteiger partial charge in [0, 0.05) is 24.0 Å². The van der Waals surface area contributed by atoms with Gasteiger partial charge in [-0.05, 0) is 49.6 Å². The summed E-state index contributed by atoms with van der Waals surface area (Å²) in [6.07, 6.45) is 4.85. The Labute approximate surface area is 123 Å². The van der Waals surface area contributed by atoms with E-state index in [-0.39, 0.29) is 5.91 Å². The SMILES string of the molecule is Nc1ccc(Oc2ccnc(C(=O)NC3CCC3)c2)cc1. The Hall–Kier alpha value is -2.56. The standard InChI is InChI=1S/C16H17N3O2/c17-11-4-6-13(7-5-11)21-14-8-9-18-15(10-14)16(20)19-12-2-1-3-12/h4-10,12H,1-3,17H2,(H,19,20). The number of carbonyl (C=O) groups is 1. The third-order valence-corrected chi connectivity index (χ3v) is 3.52. The van der Waals surface area contributed by atoms with Gasteiger partial charge in [0.25, 0.3) is 5.91 Å². The van der Waals surface area contributed by atoms with Crippen molar-refractivity contribution in [3.8, 4) is 11.5 Å². The molecule has 21 heavy (non-hydrogen) atoms. The van der Waals surface area contributed by atoms with Crippen molar-refractivity contribution in [2.45, 2.75) is 25.3 Å². The van der Waals surface area contributed by atoms with E-state index in [4.69, 9.17) is 10.5 Å². The molecule has 1 amide bonds. The number of nitrogens with zero attached hydrogens (tertiary/aromatic N) is 1. The van der Waals surface area contributed by atoms with E-state index in [9.17, 15) is 4.79 Å². The highest BCUT2D eigenvalue weighted by Crippen LogP contribution is 2.23. The number of anilines is 1. The molecule has 5 heteroatoms. The fourth-order valence-corrected chi connectivity index (χ4v) is 2.08. The summed E-state index contributed by atoms with van der Waals surface area (Å²) >= 11 is 0. The summed E-state index contributed by atoms with van der Waals surface area (Å²) in [5, 5.41) is 2.96. The molecule has 0 atom stereocenters. The average Bonchev–Trinajstić information content (AvgIpc) is 2.45. The summed E-state index contributed by atoms with van der Waals surface area (Å²) in [5.41, 5.74) is 6.68. The van der Waals surface area contributed by atoms with Crippen molar-refractivity contribution in [3.05, 3.63) is 48.3 Å².